The zero-order valence-electron chi connectivity index (χ0n) is 10.4. The molecule has 0 bridgehead atoms. The van der Waals surface area contributed by atoms with Crippen molar-refractivity contribution in [3.8, 4) is 0 Å². The Morgan fingerprint density at radius 3 is 2.50 bits per heavy atom. The minimum atomic E-state index is -0.529. The lowest BCUT2D eigenvalue weighted by Gasteiger charge is -2.17. The van der Waals surface area contributed by atoms with E-state index in [2.05, 4.69) is 4.74 Å². The Morgan fingerprint density at radius 2 is 2.00 bits per heavy atom. The topological polar surface area (TPSA) is 72.5 Å². The number of rotatable bonds is 6. The van der Waals surface area contributed by atoms with Crippen molar-refractivity contribution >= 4 is 18.4 Å². The molecule has 0 aliphatic carbocycles. The smallest absolute Gasteiger partial charge is 0.311 e. The van der Waals surface area contributed by atoms with Crippen LogP contribution in [0.2, 0.25) is 0 Å². The summed E-state index contributed by atoms with van der Waals surface area (Å²) in [4.78, 5) is 11.3. The fourth-order valence-corrected chi connectivity index (χ4v) is 1.78. The van der Waals surface area contributed by atoms with Gasteiger partial charge in [0, 0.05) is 6.04 Å². The first-order valence-corrected chi connectivity index (χ1v) is 5.65. The molecule has 0 aliphatic heterocycles. The van der Waals surface area contributed by atoms with E-state index in [0.717, 1.165) is 5.56 Å². The van der Waals surface area contributed by atoms with Gasteiger partial charge in [-0.1, -0.05) is 30.3 Å². The molecule has 0 aliphatic rings. The van der Waals surface area contributed by atoms with Crippen LogP contribution in [0, 0.1) is 5.92 Å². The summed E-state index contributed by atoms with van der Waals surface area (Å²) in [5, 5.41) is 9.09. The van der Waals surface area contributed by atoms with Gasteiger partial charge in [-0.2, -0.15) is 0 Å². The summed E-state index contributed by atoms with van der Waals surface area (Å²) in [5.41, 5.74) is 7.08. The number of hydrogen-bond donors (Lipinski definition) is 2. The number of aliphatic hydroxyl groups excluding tert-OH is 1. The number of halogens is 1. The lowest BCUT2D eigenvalue weighted by atomic mass is 9.96. The Hall–Kier alpha value is -1.10. The Morgan fingerprint density at radius 1 is 1.39 bits per heavy atom. The van der Waals surface area contributed by atoms with Crippen LogP contribution in [0.25, 0.3) is 0 Å². The third kappa shape index (κ3) is 5.49. The second-order valence-corrected chi connectivity index (χ2v) is 4.09. The highest BCUT2D eigenvalue weighted by Crippen LogP contribution is 2.11. The first-order chi connectivity index (χ1) is 8.17. The molecule has 102 valence electrons. The third-order valence-corrected chi connectivity index (χ3v) is 2.68. The standard InChI is InChI=1S/C13H19NO3.ClH/c1-17-13(16)11(9-15)8-12(14)7-10-5-3-2-4-6-10;/h2-6,11-12,15H,7-9,14H2,1H3;1H/t11?,12-;/m0./s1. The fraction of sp³-hybridized carbons (Fsp3) is 0.462. The van der Waals surface area contributed by atoms with E-state index in [4.69, 9.17) is 10.8 Å². The number of carbonyl (C=O) groups is 1. The second-order valence-electron chi connectivity index (χ2n) is 4.09. The van der Waals surface area contributed by atoms with Crippen molar-refractivity contribution in [2.75, 3.05) is 13.7 Å². The number of methoxy groups -OCH3 is 1. The molecule has 0 amide bonds. The van der Waals surface area contributed by atoms with Gasteiger partial charge >= 0.3 is 5.97 Å². The van der Waals surface area contributed by atoms with Gasteiger partial charge in [-0.25, -0.2) is 0 Å². The first-order valence-electron chi connectivity index (χ1n) is 5.65. The van der Waals surface area contributed by atoms with Gasteiger partial charge < -0.3 is 15.6 Å². The summed E-state index contributed by atoms with van der Waals surface area (Å²) in [5.74, 6) is -0.935. The number of aliphatic hydroxyl groups is 1. The normalized spacial score (nSPS) is 13.3. The van der Waals surface area contributed by atoms with Crippen molar-refractivity contribution in [3.63, 3.8) is 0 Å². The molecule has 0 heterocycles. The molecule has 1 aromatic rings. The van der Waals surface area contributed by atoms with E-state index in [1.54, 1.807) is 0 Å². The van der Waals surface area contributed by atoms with Gasteiger partial charge in [-0.3, -0.25) is 4.79 Å². The number of hydrogen-bond acceptors (Lipinski definition) is 4. The number of carbonyl (C=O) groups excluding carboxylic acids is 1. The van der Waals surface area contributed by atoms with Gasteiger partial charge in [0.25, 0.3) is 0 Å². The predicted octanol–water partition coefficient (Wildman–Crippen LogP) is 1.15. The molecule has 1 aromatic carbocycles. The van der Waals surface area contributed by atoms with E-state index in [1.165, 1.54) is 7.11 Å². The van der Waals surface area contributed by atoms with Crippen LogP contribution in [0.4, 0.5) is 0 Å². The number of benzene rings is 1. The monoisotopic (exact) mass is 273 g/mol. The average molecular weight is 274 g/mol. The van der Waals surface area contributed by atoms with Crippen molar-refractivity contribution in [2.24, 2.45) is 11.7 Å². The highest BCUT2D eigenvalue weighted by atomic mass is 35.5. The first kappa shape index (κ1) is 16.9. The molecule has 0 aromatic heterocycles. The molecule has 0 fully saturated rings. The average Bonchev–Trinajstić information content (AvgIpc) is 2.36. The summed E-state index contributed by atoms with van der Waals surface area (Å²) < 4.78 is 4.60. The van der Waals surface area contributed by atoms with E-state index >= 15 is 0 Å². The number of esters is 1. The van der Waals surface area contributed by atoms with Gasteiger partial charge in [-0.05, 0) is 18.4 Å². The summed E-state index contributed by atoms with van der Waals surface area (Å²) in [6, 6.07) is 9.67. The van der Waals surface area contributed by atoms with Crippen LogP contribution < -0.4 is 5.73 Å². The third-order valence-electron chi connectivity index (χ3n) is 2.68. The molecule has 1 rings (SSSR count). The van der Waals surface area contributed by atoms with E-state index in [1.807, 2.05) is 30.3 Å². The van der Waals surface area contributed by atoms with Gasteiger partial charge in [-0.15, -0.1) is 12.4 Å². The van der Waals surface area contributed by atoms with Crippen molar-refractivity contribution in [3.05, 3.63) is 35.9 Å². The largest absolute Gasteiger partial charge is 0.469 e. The Kier molecular flexibility index (Phi) is 8.37. The molecule has 2 atom stereocenters. The zero-order valence-corrected chi connectivity index (χ0v) is 11.2. The lowest BCUT2D eigenvalue weighted by molar-refractivity contribution is -0.147. The highest BCUT2D eigenvalue weighted by molar-refractivity contribution is 5.85. The van der Waals surface area contributed by atoms with E-state index < -0.39 is 11.9 Å². The van der Waals surface area contributed by atoms with Crippen molar-refractivity contribution in [2.45, 2.75) is 18.9 Å². The molecule has 4 nitrogen and oxygen atoms in total. The molecule has 0 radical (unpaired) electrons. The van der Waals surface area contributed by atoms with E-state index in [-0.39, 0.29) is 25.1 Å². The van der Waals surface area contributed by atoms with Gasteiger partial charge in [0.2, 0.25) is 0 Å². The van der Waals surface area contributed by atoms with Crippen LogP contribution >= 0.6 is 12.4 Å². The van der Waals surface area contributed by atoms with Gasteiger partial charge in [0.15, 0.2) is 0 Å². The zero-order chi connectivity index (χ0) is 12.7. The van der Waals surface area contributed by atoms with Crippen LogP contribution in [0.5, 0.6) is 0 Å². The molecule has 18 heavy (non-hydrogen) atoms. The summed E-state index contributed by atoms with van der Waals surface area (Å²) in [6.07, 6.45) is 1.12. The SMILES string of the molecule is COC(=O)C(CO)C[C@@H](N)Cc1ccccc1.Cl. The van der Waals surface area contributed by atoms with Crippen molar-refractivity contribution < 1.29 is 14.6 Å². The van der Waals surface area contributed by atoms with E-state index in [0.29, 0.717) is 12.8 Å². The molecular weight excluding hydrogens is 254 g/mol. The summed E-state index contributed by atoms with van der Waals surface area (Å²) in [6.45, 7) is -0.227. The van der Waals surface area contributed by atoms with Gasteiger partial charge in [0.05, 0.1) is 19.6 Å². The molecule has 3 N–H and O–H groups in total. The molecule has 0 spiro atoms. The fourth-order valence-electron chi connectivity index (χ4n) is 1.78. The van der Waals surface area contributed by atoms with Crippen LogP contribution in [0.15, 0.2) is 30.3 Å². The van der Waals surface area contributed by atoms with Crippen LogP contribution in [-0.2, 0) is 16.0 Å². The summed E-state index contributed by atoms with van der Waals surface area (Å²) >= 11 is 0. The molecule has 1 unspecified atom stereocenters. The maximum absolute atomic E-state index is 11.3. The highest BCUT2D eigenvalue weighted by Gasteiger charge is 2.21. The second kappa shape index (κ2) is 8.91. The number of nitrogens with two attached hydrogens (primary N) is 1. The lowest BCUT2D eigenvalue weighted by Crippen LogP contribution is -2.31. The predicted molar refractivity (Wildman–Crippen MR) is 72.6 cm³/mol. The maximum atomic E-state index is 11.3. The Balaban J connectivity index is 0.00000289. The van der Waals surface area contributed by atoms with Crippen LogP contribution in [0.1, 0.15) is 12.0 Å². The number of ether oxygens (including phenoxy) is 1. The quantitative estimate of drug-likeness (QED) is 0.763. The Labute approximate surface area is 114 Å². The van der Waals surface area contributed by atoms with E-state index in [9.17, 15) is 4.79 Å². The van der Waals surface area contributed by atoms with Gasteiger partial charge in [0.1, 0.15) is 0 Å². The van der Waals surface area contributed by atoms with Crippen LogP contribution in [0.3, 0.4) is 0 Å². The molecule has 5 heteroatoms. The van der Waals surface area contributed by atoms with Crippen molar-refractivity contribution in [1.29, 1.82) is 0 Å². The van der Waals surface area contributed by atoms with Crippen LogP contribution in [-0.4, -0.2) is 30.8 Å². The minimum Gasteiger partial charge on any atom is -0.469 e. The summed E-state index contributed by atoms with van der Waals surface area (Å²) in [7, 11) is 1.31. The van der Waals surface area contributed by atoms with Crippen molar-refractivity contribution in [1.82, 2.24) is 0 Å². The molecule has 0 saturated heterocycles. The Bertz CT molecular complexity index is 345. The molecular formula is C13H20ClNO3. The minimum absolute atomic E-state index is 0. The maximum Gasteiger partial charge on any atom is 0.311 e. The molecule has 0 saturated carbocycles.